The summed E-state index contributed by atoms with van der Waals surface area (Å²) >= 11 is 0. The van der Waals surface area contributed by atoms with Crippen LogP contribution >= 0.6 is 0 Å². The number of hydrogen-bond acceptors (Lipinski definition) is 6. The highest BCUT2D eigenvalue weighted by Crippen LogP contribution is 2.08. The van der Waals surface area contributed by atoms with Crippen LogP contribution in [0.2, 0.25) is 0 Å². The number of rotatable bonds is 14. The van der Waals surface area contributed by atoms with Crippen molar-refractivity contribution in [2.45, 2.75) is 91.3 Å². The van der Waals surface area contributed by atoms with E-state index in [1.165, 1.54) is 0 Å². The number of ether oxygens (including phenoxy) is 2. The van der Waals surface area contributed by atoms with Crippen molar-refractivity contribution < 1.29 is 28.7 Å². The van der Waals surface area contributed by atoms with Gasteiger partial charge in [-0.1, -0.05) is 6.07 Å². The Morgan fingerprint density at radius 3 is 1.26 bits per heavy atom. The smallest absolute Gasteiger partial charge is 0.407 e. The van der Waals surface area contributed by atoms with Gasteiger partial charge in [0.25, 0.3) is 11.8 Å². The Bertz CT molecular complexity index is 836. The first-order valence-corrected chi connectivity index (χ1v) is 13.4. The molecular formula is C28H46N4O6. The average molecular weight is 535 g/mol. The van der Waals surface area contributed by atoms with Crippen molar-refractivity contribution in [1.82, 2.24) is 21.3 Å². The quantitative estimate of drug-likeness (QED) is 0.259. The number of benzene rings is 1. The van der Waals surface area contributed by atoms with Crippen LogP contribution < -0.4 is 21.3 Å². The summed E-state index contributed by atoms with van der Waals surface area (Å²) in [7, 11) is 0. The zero-order valence-electron chi connectivity index (χ0n) is 23.8. The number of carbonyl (C=O) groups is 4. The molecule has 1 aromatic rings. The maximum atomic E-state index is 12.5. The molecule has 0 saturated heterocycles. The molecule has 0 spiro atoms. The highest BCUT2D eigenvalue weighted by atomic mass is 16.6. The van der Waals surface area contributed by atoms with Crippen molar-refractivity contribution in [3.8, 4) is 0 Å². The van der Waals surface area contributed by atoms with Crippen LogP contribution in [0.4, 0.5) is 9.59 Å². The van der Waals surface area contributed by atoms with Crippen molar-refractivity contribution in [1.29, 1.82) is 0 Å². The Hall–Kier alpha value is -3.30. The first-order chi connectivity index (χ1) is 17.8. The molecule has 1 rings (SSSR count). The number of alkyl carbamates (subject to hydrolysis) is 2. The predicted molar refractivity (Wildman–Crippen MR) is 147 cm³/mol. The van der Waals surface area contributed by atoms with Gasteiger partial charge in [0, 0.05) is 37.3 Å². The molecule has 38 heavy (non-hydrogen) atoms. The summed E-state index contributed by atoms with van der Waals surface area (Å²) in [6.45, 7) is 12.9. The molecule has 0 aliphatic rings. The number of nitrogens with one attached hydrogen (secondary N) is 4. The van der Waals surface area contributed by atoms with E-state index in [2.05, 4.69) is 21.3 Å². The molecule has 0 fully saturated rings. The summed E-state index contributed by atoms with van der Waals surface area (Å²) in [5, 5.41) is 11.2. The van der Waals surface area contributed by atoms with Crippen LogP contribution in [0, 0.1) is 0 Å². The molecule has 4 amide bonds. The second-order valence-corrected chi connectivity index (χ2v) is 11.1. The summed E-state index contributed by atoms with van der Waals surface area (Å²) in [5.41, 5.74) is -0.180. The van der Waals surface area contributed by atoms with Gasteiger partial charge in [-0.25, -0.2) is 9.59 Å². The monoisotopic (exact) mass is 534 g/mol. The molecule has 0 unspecified atom stereocenters. The van der Waals surface area contributed by atoms with E-state index in [0.717, 1.165) is 38.5 Å². The maximum absolute atomic E-state index is 12.5. The molecule has 0 aromatic heterocycles. The summed E-state index contributed by atoms with van der Waals surface area (Å²) in [6, 6.07) is 6.62. The third-order valence-electron chi connectivity index (χ3n) is 5.00. The summed E-state index contributed by atoms with van der Waals surface area (Å²) in [6.07, 6.45) is 3.94. The van der Waals surface area contributed by atoms with Crippen LogP contribution in [0.1, 0.15) is 101 Å². The number of amides is 4. The summed E-state index contributed by atoms with van der Waals surface area (Å²) in [4.78, 5) is 48.1. The Morgan fingerprint density at radius 2 is 0.921 bits per heavy atom. The Morgan fingerprint density at radius 1 is 0.579 bits per heavy atom. The molecule has 0 saturated carbocycles. The van der Waals surface area contributed by atoms with Gasteiger partial charge in [0.15, 0.2) is 0 Å². The number of unbranched alkanes of at least 4 members (excludes halogenated alkanes) is 4. The van der Waals surface area contributed by atoms with Crippen molar-refractivity contribution in [2.75, 3.05) is 26.2 Å². The van der Waals surface area contributed by atoms with Crippen LogP contribution in [-0.4, -0.2) is 61.4 Å². The normalized spacial score (nSPS) is 11.3. The second-order valence-electron chi connectivity index (χ2n) is 11.1. The summed E-state index contributed by atoms with van der Waals surface area (Å²) < 4.78 is 10.4. The Balaban J connectivity index is 2.21. The van der Waals surface area contributed by atoms with Gasteiger partial charge in [-0.2, -0.15) is 0 Å². The molecule has 0 aliphatic carbocycles. The number of carbonyl (C=O) groups excluding carboxylic acids is 4. The molecule has 0 aliphatic heterocycles. The fourth-order valence-corrected chi connectivity index (χ4v) is 3.27. The average Bonchev–Trinajstić information content (AvgIpc) is 2.80. The molecule has 10 heteroatoms. The van der Waals surface area contributed by atoms with Crippen molar-refractivity contribution >= 4 is 24.0 Å². The first kappa shape index (κ1) is 32.7. The largest absolute Gasteiger partial charge is 0.444 e. The fraction of sp³-hybridized carbons (Fsp3) is 0.643. The zero-order valence-corrected chi connectivity index (χ0v) is 23.8. The molecule has 0 radical (unpaired) electrons. The van der Waals surface area contributed by atoms with E-state index in [-0.39, 0.29) is 11.8 Å². The van der Waals surface area contributed by atoms with Gasteiger partial charge >= 0.3 is 12.2 Å². The highest BCUT2D eigenvalue weighted by molar-refractivity contribution is 5.99. The SMILES string of the molecule is CC(C)(C)OC(=O)NCCCCCNC(=O)c1cccc(C(=O)NCCCCCNC(=O)OC(C)(C)C)c1. The Kier molecular flexibility index (Phi) is 14.2. The van der Waals surface area contributed by atoms with Gasteiger partial charge in [-0.3, -0.25) is 9.59 Å². The lowest BCUT2D eigenvalue weighted by Gasteiger charge is -2.19. The number of hydrogen-bond donors (Lipinski definition) is 4. The third-order valence-corrected chi connectivity index (χ3v) is 5.00. The van der Waals surface area contributed by atoms with Crippen LogP contribution in [0.25, 0.3) is 0 Å². The Labute approximate surface area is 227 Å². The lowest BCUT2D eigenvalue weighted by molar-refractivity contribution is 0.0515. The van der Waals surface area contributed by atoms with Gasteiger partial charge in [0.1, 0.15) is 11.2 Å². The molecule has 1 aromatic carbocycles. The minimum absolute atomic E-state index is 0.232. The molecule has 0 atom stereocenters. The minimum Gasteiger partial charge on any atom is -0.444 e. The molecule has 0 bridgehead atoms. The van der Waals surface area contributed by atoms with Crippen LogP contribution in [0.15, 0.2) is 24.3 Å². The lowest BCUT2D eigenvalue weighted by Crippen LogP contribution is -2.33. The van der Waals surface area contributed by atoms with E-state index in [9.17, 15) is 19.2 Å². The van der Waals surface area contributed by atoms with Gasteiger partial charge in [0.05, 0.1) is 0 Å². The van der Waals surface area contributed by atoms with Gasteiger partial charge < -0.3 is 30.7 Å². The van der Waals surface area contributed by atoms with Crippen LogP contribution in [0.3, 0.4) is 0 Å². The molecule has 4 N–H and O–H groups in total. The van der Waals surface area contributed by atoms with Crippen LogP contribution in [-0.2, 0) is 9.47 Å². The van der Waals surface area contributed by atoms with Crippen molar-refractivity contribution in [3.05, 3.63) is 35.4 Å². The lowest BCUT2D eigenvalue weighted by atomic mass is 10.1. The van der Waals surface area contributed by atoms with E-state index in [0.29, 0.717) is 37.3 Å². The van der Waals surface area contributed by atoms with Crippen LogP contribution in [0.5, 0.6) is 0 Å². The van der Waals surface area contributed by atoms with E-state index in [1.54, 1.807) is 24.3 Å². The molecular weight excluding hydrogens is 488 g/mol. The van der Waals surface area contributed by atoms with Gasteiger partial charge in [-0.15, -0.1) is 0 Å². The third kappa shape index (κ3) is 16.4. The van der Waals surface area contributed by atoms with Gasteiger partial charge in [0.2, 0.25) is 0 Å². The van der Waals surface area contributed by atoms with E-state index < -0.39 is 23.4 Å². The summed E-state index contributed by atoms with van der Waals surface area (Å²) in [5.74, 6) is -0.465. The van der Waals surface area contributed by atoms with Crippen molar-refractivity contribution in [3.63, 3.8) is 0 Å². The standard InChI is InChI=1S/C28H46N4O6/c1-27(2,3)37-25(35)31-18-11-7-9-16-29-23(33)21-14-13-15-22(20-21)24(34)30-17-10-8-12-19-32-26(36)38-28(4,5)6/h13-15,20H,7-12,16-19H2,1-6H3,(H,29,33)(H,30,34)(H,31,35)(H,32,36). The zero-order chi connectivity index (χ0) is 28.6. The van der Waals surface area contributed by atoms with Crippen molar-refractivity contribution in [2.24, 2.45) is 0 Å². The second kappa shape index (κ2) is 16.5. The first-order valence-electron chi connectivity index (χ1n) is 13.4. The minimum atomic E-state index is -0.518. The molecule has 0 heterocycles. The molecule has 10 nitrogen and oxygen atoms in total. The van der Waals surface area contributed by atoms with Gasteiger partial charge in [-0.05, 0) is 98.3 Å². The van der Waals surface area contributed by atoms with E-state index in [4.69, 9.17) is 9.47 Å². The predicted octanol–water partition coefficient (Wildman–Crippen LogP) is 4.54. The highest BCUT2D eigenvalue weighted by Gasteiger charge is 2.16. The van der Waals surface area contributed by atoms with E-state index >= 15 is 0 Å². The fourth-order valence-electron chi connectivity index (χ4n) is 3.27. The molecule has 214 valence electrons. The van der Waals surface area contributed by atoms with E-state index in [1.807, 2.05) is 41.5 Å². The topological polar surface area (TPSA) is 135 Å². The maximum Gasteiger partial charge on any atom is 0.407 e.